The van der Waals surface area contributed by atoms with Crippen LogP contribution in [-0.2, 0) is 21.3 Å². The van der Waals surface area contributed by atoms with E-state index >= 15 is 0 Å². The molecular weight excluding hydrogens is 426 g/mol. The number of esters is 1. The summed E-state index contributed by atoms with van der Waals surface area (Å²) >= 11 is 0. The number of ketones is 1. The van der Waals surface area contributed by atoms with E-state index in [4.69, 9.17) is 4.74 Å². The van der Waals surface area contributed by atoms with E-state index in [1.165, 1.54) is 37.3 Å². The molecule has 0 amide bonds. The lowest BCUT2D eigenvalue weighted by Gasteiger charge is -2.41. The highest BCUT2D eigenvalue weighted by molar-refractivity contribution is 5.95. The molecule has 32 heavy (non-hydrogen) atoms. The first-order valence-corrected chi connectivity index (χ1v) is 10.5. The SMILES string of the molecule is CC(=O)OC1(c2cccc(C(F)(F)F)c2)CCN(CCCC(=O)c2ccc(F)cc2)CC1. The van der Waals surface area contributed by atoms with Gasteiger partial charge in [-0.1, -0.05) is 12.1 Å². The van der Waals surface area contributed by atoms with Gasteiger partial charge in [0.2, 0.25) is 0 Å². The van der Waals surface area contributed by atoms with Crippen LogP contribution in [0.5, 0.6) is 0 Å². The molecule has 0 atom stereocenters. The predicted octanol–water partition coefficient (Wildman–Crippen LogP) is 5.36. The quantitative estimate of drug-likeness (QED) is 0.323. The van der Waals surface area contributed by atoms with E-state index in [9.17, 15) is 27.2 Å². The fraction of sp³-hybridized carbons (Fsp3) is 0.417. The Bertz CT molecular complexity index is 948. The topological polar surface area (TPSA) is 46.6 Å². The Kier molecular flexibility index (Phi) is 7.33. The predicted molar refractivity (Wildman–Crippen MR) is 111 cm³/mol. The van der Waals surface area contributed by atoms with Crippen molar-refractivity contribution in [3.05, 3.63) is 71.0 Å². The molecular formula is C24H25F4NO3. The number of benzene rings is 2. The third kappa shape index (κ3) is 5.94. The van der Waals surface area contributed by atoms with Crippen molar-refractivity contribution in [1.29, 1.82) is 0 Å². The lowest BCUT2D eigenvalue weighted by molar-refractivity contribution is -0.164. The Balaban J connectivity index is 1.61. The Morgan fingerprint density at radius 3 is 2.31 bits per heavy atom. The summed E-state index contributed by atoms with van der Waals surface area (Å²) in [7, 11) is 0. The second kappa shape index (κ2) is 9.81. The molecule has 3 rings (SSSR count). The molecule has 0 aromatic heterocycles. The van der Waals surface area contributed by atoms with E-state index in [-0.39, 0.29) is 5.78 Å². The number of ether oxygens (including phenoxy) is 1. The summed E-state index contributed by atoms with van der Waals surface area (Å²) in [5.41, 5.74) is -1.08. The fourth-order valence-corrected chi connectivity index (χ4v) is 4.08. The van der Waals surface area contributed by atoms with Crippen molar-refractivity contribution in [2.45, 2.75) is 44.4 Å². The zero-order chi connectivity index (χ0) is 23.4. The van der Waals surface area contributed by atoms with Crippen molar-refractivity contribution < 1.29 is 31.9 Å². The summed E-state index contributed by atoms with van der Waals surface area (Å²) in [5.74, 6) is -1.01. The van der Waals surface area contributed by atoms with Gasteiger partial charge in [-0.3, -0.25) is 9.59 Å². The van der Waals surface area contributed by atoms with Crippen LogP contribution in [0.1, 0.15) is 54.1 Å². The molecule has 4 nitrogen and oxygen atoms in total. The van der Waals surface area contributed by atoms with Crippen LogP contribution in [0.2, 0.25) is 0 Å². The van der Waals surface area contributed by atoms with Gasteiger partial charge in [-0.15, -0.1) is 0 Å². The standard InChI is InChI=1S/C24H25F4NO3/c1-17(30)32-23(19-4-2-5-20(16-19)24(26,27)28)11-14-29(15-12-23)13-3-6-22(31)18-7-9-21(25)10-8-18/h2,4-5,7-10,16H,3,6,11-15H2,1H3. The molecule has 2 aromatic rings. The van der Waals surface area contributed by atoms with E-state index < -0.39 is 29.1 Å². The Morgan fingerprint density at radius 1 is 1.06 bits per heavy atom. The lowest BCUT2D eigenvalue weighted by Crippen LogP contribution is -2.45. The summed E-state index contributed by atoms with van der Waals surface area (Å²) in [5, 5.41) is 0. The van der Waals surface area contributed by atoms with Crippen LogP contribution in [0, 0.1) is 5.82 Å². The molecule has 1 saturated heterocycles. The summed E-state index contributed by atoms with van der Waals surface area (Å²) in [4.78, 5) is 26.1. The molecule has 0 aliphatic carbocycles. The minimum atomic E-state index is -4.48. The number of halogens is 4. The van der Waals surface area contributed by atoms with Crippen LogP contribution >= 0.6 is 0 Å². The van der Waals surface area contributed by atoms with Crippen LogP contribution in [0.25, 0.3) is 0 Å². The van der Waals surface area contributed by atoms with Gasteiger partial charge in [-0.05, 0) is 54.9 Å². The number of hydrogen-bond acceptors (Lipinski definition) is 4. The Labute approximate surface area is 184 Å². The van der Waals surface area contributed by atoms with Crippen molar-refractivity contribution in [3.8, 4) is 0 Å². The molecule has 8 heteroatoms. The van der Waals surface area contributed by atoms with Crippen LogP contribution < -0.4 is 0 Å². The van der Waals surface area contributed by atoms with E-state index in [1.54, 1.807) is 6.07 Å². The van der Waals surface area contributed by atoms with Crippen molar-refractivity contribution in [2.24, 2.45) is 0 Å². The maximum absolute atomic E-state index is 13.2. The van der Waals surface area contributed by atoms with Crippen LogP contribution in [-0.4, -0.2) is 36.3 Å². The molecule has 1 fully saturated rings. The van der Waals surface area contributed by atoms with Gasteiger partial charge >= 0.3 is 12.1 Å². The van der Waals surface area contributed by atoms with Gasteiger partial charge in [0.05, 0.1) is 5.56 Å². The van der Waals surface area contributed by atoms with Crippen molar-refractivity contribution in [1.82, 2.24) is 4.90 Å². The monoisotopic (exact) mass is 451 g/mol. The number of alkyl halides is 3. The van der Waals surface area contributed by atoms with Gasteiger partial charge in [0, 0.05) is 44.8 Å². The first-order valence-electron chi connectivity index (χ1n) is 10.5. The average molecular weight is 451 g/mol. The number of piperidine rings is 1. The highest BCUT2D eigenvalue weighted by Crippen LogP contribution is 2.39. The van der Waals surface area contributed by atoms with E-state index in [0.29, 0.717) is 56.4 Å². The van der Waals surface area contributed by atoms with Gasteiger partial charge in [-0.2, -0.15) is 13.2 Å². The maximum atomic E-state index is 13.2. The molecule has 1 aliphatic heterocycles. The maximum Gasteiger partial charge on any atom is 0.416 e. The highest BCUT2D eigenvalue weighted by atomic mass is 19.4. The molecule has 1 heterocycles. The molecule has 0 bridgehead atoms. The third-order valence-electron chi connectivity index (χ3n) is 5.76. The number of carbonyl (C=O) groups excluding carboxylic acids is 2. The minimum absolute atomic E-state index is 0.0692. The van der Waals surface area contributed by atoms with Crippen molar-refractivity contribution >= 4 is 11.8 Å². The highest BCUT2D eigenvalue weighted by Gasteiger charge is 2.41. The molecule has 172 valence electrons. The van der Waals surface area contributed by atoms with E-state index in [1.807, 2.05) is 0 Å². The van der Waals surface area contributed by atoms with E-state index in [0.717, 1.165) is 12.1 Å². The number of nitrogens with zero attached hydrogens (tertiary/aromatic N) is 1. The normalized spacial score (nSPS) is 16.5. The second-order valence-corrected chi connectivity index (χ2v) is 8.04. The van der Waals surface area contributed by atoms with Gasteiger partial charge in [-0.25, -0.2) is 4.39 Å². The smallest absolute Gasteiger partial charge is 0.416 e. The second-order valence-electron chi connectivity index (χ2n) is 8.04. The van der Waals surface area contributed by atoms with Crippen LogP contribution in [0.15, 0.2) is 48.5 Å². The zero-order valence-electron chi connectivity index (χ0n) is 17.8. The Morgan fingerprint density at radius 2 is 1.72 bits per heavy atom. The number of likely N-dealkylation sites (tertiary alicyclic amines) is 1. The molecule has 0 spiro atoms. The first kappa shape index (κ1) is 23.9. The number of hydrogen-bond donors (Lipinski definition) is 0. The molecule has 0 unspecified atom stereocenters. The summed E-state index contributed by atoms with van der Waals surface area (Å²) in [6.45, 7) is 2.93. The largest absolute Gasteiger partial charge is 0.454 e. The summed E-state index contributed by atoms with van der Waals surface area (Å²) in [6.07, 6.45) is -2.85. The number of rotatable bonds is 7. The zero-order valence-corrected chi connectivity index (χ0v) is 17.8. The minimum Gasteiger partial charge on any atom is -0.454 e. The molecule has 0 radical (unpaired) electrons. The molecule has 1 aliphatic rings. The summed E-state index contributed by atoms with van der Waals surface area (Å²) < 4.78 is 58.1. The fourth-order valence-electron chi connectivity index (χ4n) is 4.08. The average Bonchev–Trinajstić information content (AvgIpc) is 2.74. The lowest BCUT2D eigenvalue weighted by atomic mass is 9.83. The Hall–Kier alpha value is -2.74. The van der Waals surface area contributed by atoms with Crippen LogP contribution in [0.3, 0.4) is 0 Å². The van der Waals surface area contributed by atoms with Gasteiger partial charge in [0.1, 0.15) is 11.4 Å². The molecule has 2 aromatic carbocycles. The van der Waals surface area contributed by atoms with Crippen molar-refractivity contribution in [3.63, 3.8) is 0 Å². The third-order valence-corrected chi connectivity index (χ3v) is 5.76. The molecule has 0 N–H and O–H groups in total. The van der Waals surface area contributed by atoms with Crippen molar-refractivity contribution in [2.75, 3.05) is 19.6 Å². The first-order chi connectivity index (χ1) is 15.1. The molecule has 0 saturated carbocycles. The van der Waals surface area contributed by atoms with Crippen LogP contribution in [0.4, 0.5) is 17.6 Å². The van der Waals surface area contributed by atoms with Gasteiger partial charge in [0.15, 0.2) is 5.78 Å². The van der Waals surface area contributed by atoms with Gasteiger partial charge in [0.25, 0.3) is 0 Å². The number of carbonyl (C=O) groups is 2. The van der Waals surface area contributed by atoms with Gasteiger partial charge < -0.3 is 9.64 Å². The van der Waals surface area contributed by atoms with E-state index in [2.05, 4.69) is 4.90 Å². The summed E-state index contributed by atoms with van der Waals surface area (Å²) in [6, 6.07) is 10.4. The number of Topliss-reactive ketones (excluding diaryl/α,β-unsaturated/α-hetero) is 1.